The lowest BCUT2D eigenvalue weighted by Gasteiger charge is -2.35. The smallest absolute Gasteiger partial charge is 0.193 e. The lowest BCUT2D eigenvalue weighted by atomic mass is 9.76. The zero-order valence-electron chi connectivity index (χ0n) is 20.7. The van der Waals surface area contributed by atoms with Gasteiger partial charge in [-0.3, -0.25) is 4.79 Å². The van der Waals surface area contributed by atoms with Crippen LogP contribution in [0, 0.1) is 0 Å². The molecule has 178 valence electrons. The largest absolute Gasteiger partial charge is 0.309 e. The molecule has 6 aromatic rings. The molecule has 3 heteroatoms. The van der Waals surface area contributed by atoms with Gasteiger partial charge in [-0.2, -0.15) is 0 Å². The fourth-order valence-corrected chi connectivity index (χ4v) is 7.28. The van der Waals surface area contributed by atoms with Crippen LogP contribution in [0.2, 0.25) is 0 Å². The van der Waals surface area contributed by atoms with Crippen molar-refractivity contribution in [3.8, 4) is 5.69 Å². The van der Waals surface area contributed by atoms with Crippen LogP contribution in [0.4, 0.5) is 0 Å². The van der Waals surface area contributed by atoms with E-state index in [9.17, 15) is 4.79 Å². The van der Waals surface area contributed by atoms with Crippen LogP contribution >= 0.6 is 11.8 Å². The van der Waals surface area contributed by atoms with Crippen molar-refractivity contribution in [2.24, 2.45) is 0 Å². The Labute approximate surface area is 220 Å². The average molecular weight is 496 g/mol. The Kier molecular flexibility index (Phi) is 4.92. The first-order valence-corrected chi connectivity index (χ1v) is 13.4. The third kappa shape index (κ3) is 3.31. The van der Waals surface area contributed by atoms with E-state index < -0.39 is 0 Å². The molecular weight excluding hydrogens is 470 g/mol. The van der Waals surface area contributed by atoms with Gasteiger partial charge < -0.3 is 4.57 Å². The lowest BCUT2D eigenvalue weighted by Crippen LogP contribution is -2.24. The van der Waals surface area contributed by atoms with Gasteiger partial charge in [0.2, 0.25) is 0 Å². The normalized spacial score (nSPS) is 13.9. The van der Waals surface area contributed by atoms with E-state index in [1.54, 1.807) is 0 Å². The molecule has 0 amide bonds. The van der Waals surface area contributed by atoms with Gasteiger partial charge in [-0.25, -0.2) is 0 Å². The first-order valence-electron chi connectivity index (χ1n) is 12.6. The predicted molar refractivity (Wildman–Crippen MR) is 153 cm³/mol. The van der Waals surface area contributed by atoms with Gasteiger partial charge in [0.05, 0.1) is 11.0 Å². The van der Waals surface area contributed by atoms with Crippen molar-refractivity contribution < 1.29 is 4.79 Å². The number of benzene rings is 5. The van der Waals surface area contributed by atoms with Crippen molar-refractivity contribution in [3.63, 3.8) is 0 Å². The van der Waals surface area contributed by atoms with Crippen LogP contribution in [0.25, 0.3) is 27.5 Å². The van der Waals surface area contributed by atoms with Crippen LogP contribution in [-0.2, 0) is 5.41 Å². The maximum absolute atomic E-state index is 13.0. The Morgan fingerprint density at radius 3 is 2.14 bits per heavy atom. The molecule has 0 N–H and O–H groups in total. The number of carbonyl (C=O) groups is 1. The molecule has 0 saturated heterocycles. The minimum Gasteiger partial charge on any atom is -0.309 e. The van der Waals surface area contributed by atoms with Gasteiger partial charge in [0.25, 0.3) is 0 Å². The molecule has 0 aliphatic carbocycles. The SMILES string of the molecule is CC1(C)c2ccccc2Sc2ccc3c(c21)c1ccccc1n3-c1ccc(C(=O)c2ccccc2)cc1. The summed E-state index contributed by atoms with van der Waals surface area (Å²) in [4.78, 5) is 15.6. The lowest BCUT2D eigenvalue weighted by molar-refractivity contribution is 0.103. The van der Waals surface area contributed by atoms with Crippen molar-refractivity contribution in [1.29, 1.82) is 0 Å². The molecule has 5 aromatic carbocycles. The summed E-state index contributed by atoms with van der Waals surface area (Å²) in [6.07, 6.45) is 0. The van der Waals surface area contributed by atoms with Crippen molar-refractivity contribution >= 4 is 39.4 Å². The van der Waals surface area contributed by atoms with Crippen LogP contribution in [-0.4, -0.2) is 10.4 Å². The molecule has 1 aliphatic heterocycles. The highest BCUT2D eigenvalue weighted by Crippen LogP contribution is 2.53. The molecule has 1 aromatic heterocycles. The molecule has 0 radical (unpaired) electrons. The number of nitrogens with zero attached hydrogens (tertiary/aromatic N) is 1. The van der Waals surface area contributed by atoms with E-state index in [-0.39, 0.29) is 11.2 Å². The number of carbonyl (C=O) groups excluding carboxylic acids is 1. The maximum atomic E-state index is 13.0. The zero-order chi connectivity index (χ0) is 25.1. The molecule has 0 saturated carbocycles. The molecule has 0 spiro atoms. The Hall–Kier alpha value is -4.08. The highest BCUT2D eigenvalue weighted by Gasteiger charge is 2.35. The van der Waals surface area contributed by atoms with Crippen LogP contribution in [0.1, 0.15) is 40.9 Å². The zero-order valence-corrected chi connectivity index (χ0v) is 21.5. The molecule has 0 bridgehead atoms. The number of ketones is 1. The monoisotopic (exact) mass is 495 g/mol. The Balaban J connectivity index is 1.44. The second-order valence-corrected chi connectivity index (χ2v) is 11.2. The summed E-state index contributed by atoms with van der Waals surface area (Å²) < 4.78 is 2.34. The molecular formula is C34H25NOS. The summed E-state index contributed by atoms with van der Waals surface area (Å²) in [5, 5.41) is 2.57. The molecule has 2 heterocycles. The number of hydrogen-bond acceptors (Lipinski definition) is 2. The van der Waals surface area contributed by atoms with E-state index >= 15 is 0 Å². The van der Waals surface area contributed by atoms with Crippen LogP contribution in [0.3, 0.4) is 0 Å². The number of para-hydroxylation sites is 1. The summed E-state index contributed by atoms with van der Waals surface area (Å²) in [6.45, 7) is 4.69. The molecule has 0 fully saturated rings. The Bertz CT molecular complexity index is 1830. The molecule has 1 aliphatic rings. The van der Waals surface area contributed by atoms with E-state index in [4.69, 9.17) is 0 Å². The minimum absolute atomic E-state index is 0.0425. The molecule has 0 unspecified atom stereocenters. The van der Waals surface area contributed by atoms with Crippen molar-refractivity contribution in [2.45, 2.75) is 29.1 Å². The first-order chi connectivity index (χ1) is 18.0. The fraction of sp³-hybridized carbons (Fsp3) is 0.0882. The number of rotatable bonds is 3. The molecule has 2 nitrogen and oxygen atoms in total. The standard InChI is InChI=1S/C34H25NOS/c1-34(2)26-13-7-9-15-29(26)37-30-21-20-28-31(32(30)34)25-12-6-8-14-27(25)35(28)24-18-16-23(17-19-24)33(36)22-10-4-3-5-11-22/h3-21H,1-2H3. The molecule has 0 atom stereocenters. The summed E-state index contributed by atoms with van der Waals surface area (Å²) in [5.74, 6) is 0.0425. The number of fused-ring (bicyclic) bond motifs is 6. The maximum Gasteiger partial charge on any atom is 0.193 e. The summed E-state index contributed by atoms with van der Waals surface area (Å²) in [7, 11) is 0. The fourth-order valence-electron chi connectivity index (χ4n) is 5.87. The van der Waals surface area contributed by atoms with Crippen molar-refractivity contribution in [1.82, 2.24) is 4.57 Å². The molecule has 7 rings (SSSR count). The summed E-state index contributed by atoms with van der Waals surface area (Å²) >= 11 is 1.87. The van der Waals surface area contributed by atoms with Crippen molar-refractivity contribution in [3.05, 3.63) is 138 Å². The second kappa shape index (κ2) is 8.22. The van der Waals surface area contributed by atoms with Gasteiger partial charge >= 0.3 is 0 Å². The van der Waals surface area contributed by atoms with Gasteiger partial charge in [0.1, 0.15) is 0 Å². The van der Waals surface area contributed by atoms with Gasteiger partial charge in [-0.15, -0.1) is 0 Å². The quantitative estimate of drug-likeness (QED) is 0.229. The first kappa shape index (κ1) is 22.1. The highest BCUT2D eigenvalue weighted by molar-refractivity contribution is 7.99. The Morgan fingerprint density at radius 2 is 1.32 bits per heavy atom. The van der Waals surface area contributed by atoms with Crippen LogP contribution in [0.5, 0.6) is 0 Å². The number of aromatic nitrogens is 1. The van der Waals surface area contributed by atoms with E-state index in [1.807, 2.05) is 54.2 Å². The average Bonchev–Trinajstić information content (AvgIpc) is 3.27. The van der Waals surface area contributed by atoms with Crippen LogP contribution in [0.15, 0.2) is 125 Å². The topological polar surface area (TPSA) is 22.0 Å². The predicted octanol–water partition coefficient (Wildman–Crippen LogP) is 8.81. The summed E-state index contributed by atoms with van der Waals surface area (Å²) in [6, 6.07) is 39.5. The van der Waals surface area contributed by atoms with E-state index in [0.29, 0.717) is 11.1 Å². The highest BCUT2D eigenvalue weighted by atomic mass is 32.2. The van der Waals surface area contributed by atoms with E-state index in [1.165, 1.54) is 42.7 Å². The number of hydrogen-bond donors (Lipinski definition) is 0. The third-order valence-corrected chi connectivity index (χ3v) is 8.77. The molecule has 37 heavy (non-hydrogen) atoms. The minimum atomic E-state index is -0.127. The van der Waals surface area contributed by atoms with Crippen molar-refractivity contribution in [2.75, 3.05) is 0 Å². The summed E-state index contributed by atoms with van der Waals surface area (Å²) in [5.41, 5.74) is 7.46. The Morgan fingerprint density at radius 1 is 0.649 bits per heavy atom. The van der Waals surface area contributed by atoms with E-state index in [0.717, 1.165) is 5.69 Å². The van der Waals surface area contributed by atoms with Gasteiger partial charge in [0.15, 0.2) is 5.78 Å². The third-order valence-electron chi connectivity index (χ3n) is 7.63. The van der Waals surface area contributed by atoms with E-state index in [2.05, 4.69) is 91.2 Å². The van der Waals surface area contributed by atoms with Gasteiger partial charge in [0, 0.05) is 42.8 Å². The van der Waals surface area contributed by atoms with Gasteiger partial charge in [-0.1, -0.05) is 92.3 Å². The van der Waals surface area contributed by atoms with Crippen LogP contribution < -0.4 is 0 Å². The second-order valence-electron chi connectivity index (χ2n) is 10.2. The van der Waals surface area contributed by atoms with Gasteiger partial charge in [-0.05, 0) is 59.7 Å².